The number of halogens is 1. The number of rotatable bonds is 4. The molecule has 110 valence electrons. The van der Waals surface area contributed by atoms with E-state index in [-0.39, 0.29) is 5.75 Å². The van der Waals surface area contributed by atoms with E-state index in [4.69, 9.17) is 9.84 Å². The number of phenols is 1. The molecule has 0 saturated heterocycles. The standard InChI is InChI=1S/C16H16FNO3/c1-10-12(16(20)21-2)4-3-5-14(10)18-9-11-6-7-15(19)13(17)8-11/h3-8,18-19H,9H2,1-2H3. The lowest BCUT2D eigenvalue weighted by atomic mass is 10.1. The van der Waals surface area contributed by atoms with Gasteiger partial charge >= 0.3 is 5.97 Å². The first kappa shape index (κ1) is 14.8. The van der Waals surface area contributed by atoms with Gasteiger partial charge in [-0.1, -0.05) is 12.1 Å². The van der Waals surface area contributed by atoms with Crippen molar-refractivity contribution in [3.8, 4) is 5.75 Å². The molecule has 0 heterocycles. The van der Waals surface area contributed by atoms with Gasteiger partial charge in [0.2, 0.25) is 0 Å². The van der Waals surface area contributed by atoms with Crippen LogP contribution in [0.4, 0.5) is 10.1 Å². The van der Waals surface area contributed by atoms with Crippen molar-refractivity contribution in [2.45, 2.75) is 13.5 Å². The molecule has 0 aromatic heterocycles. The van der Waals surface area contributed by atoms with E-state index in [1.165, 1.54) is 19.2 Å². The lowest BCUT2D eigenvalue weighted by Crippen LogP contribution is -2.07. The summed E-state index contributed by atoms with van der Waals surface area (Å²) in [4.78, 5) is 11.6. The van der Waals surface area contributed by atoms with Gasteiger partial charge in [0.1, 0.15) is 0 Å². The number of carbonyl (C=O) groups is 1. The molecule has 0 aliphatic rings. The van der Waals surface area contributed by atoms with Gasteiger partial charge in [0.25, 0.3) is 0 Å². The molecule has 0 spiro atoms. The Hall–Kier alpha value is -2.56. The van der Waals surface area contributed by atoms with E-state index in [9.17, 15) is 9.18 Å². The fourth-order valence-corrected chi connectivity index (χ4v) is 2.02. The van der Waals surface area contributed by atoms with Crippen LogP contribution < -0.4 is 5.32 Å². The molecule has 0 aliphatic carbocycles. The van der Waals surface area contributed by atoms with E-state index in [0.29, 0.717) is 17.7 Å². The number of benzene rings is 2. The van der Waals surface area contributed by atoms with Crippen molar-refractivity contribution in [1.29, 1.82) is 0 Å². The highest BCUT2D eigenvalue weighted by Gasteiger charge is 2.11. The van der Waals surface area contributed by atoms with Crippen LogP contribution in [0.15, 0.2) is 36.4 Å². The second-order valence-electron chi connectivity index (χ2n) is 4.61. The van der Waals surface area contributed by atoms with Gasteiger partial charge in [-0.2, -0.15) is 0 Å². The minimum Gasteiger partial charge on any atom is -0.505 e. The average Bonchev–Trinajstić information content (AvgIpc) is 2.49. The Kier molecular flexibility index (Phi) is 4.42. The van der Waals surface area contributed by atoms with Crippen molar-refractivity contribution >= 4 is 11.7 Å². The van der Waals surface area contributed by atoms with Crippen molar-refractivity contribution in [3.05, 3.63) is 58.9 Å². The Bertz CT molecular complexity index is 671. The molecule has 0 atom stereocenters. The largest absolute Gasteiger partial charge is 0.505 e. The molecule has 0 fully saturated rings. The maximum Gasteiger partial charge on any atom is 0.338 e. The van der Waals surface area contributed by atoms with Gasteiger partial charge in [-0.25, -0.2) is 9.18 Å². The van der Waals surface area contributed by atoms with Crippen LogP contribution in [0.5, 0.6) is 5.75 Å². The number of ether oxygens (including phenoxy) is 1. The number of carbonyl (C=O) groups excluding carboxylic acids is 1. The van der Waals surface area contributed by atoms with Crippen molar-refractivity contribution < 1.29 is 19.0 Å². The summed E-state index contributed by atoms with van der Waals surface area (Å²) in [5.41, 5.74) is 2.71. The molecule has 0 amide bonds. The smallest absolute Gasteiger partial charge is 0.338 e. The molecule has 2 N–H and O–H groups in total. The molecule has 0 unspecified atom stereocenters. The summed E-state index contributed by atoms with van der Waals surface area (Å²) < 4.78 is 18.0. The van der Waals surface area contributed by atoms with Crippen LogP contribution in [0, 0.1) is 12.7 Å². The molecule has 0 aliphatic heterocycles. The van der Waals surface area contributed by atoms with Crippen molar-refractivity contribution in [2.24, 2.45) is 0 Å². The predicted molar refractivity (Wildman–Crippen MR) is 77.9 cm³/mol. The van der Waals surface area contributed by atoms with E-state index in [1.807, 2.05) is 13.0 Å². The van der Waals surface area contributed by atoms with Gasteiger partial charge in [-0.15, -0.1) is 0 Å². The second-order valence-corrected chi connectivity index (χ2v) is 4.61. The summed E-state index contributed by atoms with van der Waals surface area (Å²) >= 11 is 0. The van der Waals surface area contributed by atoms with Crippen molar-refractivity contribution in [1.82, 2.24) is 0 Å². The van der Waals surface area contributed by atoms with Gasteiger partial charge in [-0.05, 0) is 42.3 Å². The number of aromatic hydroxyl groups is 1. The van der Waals surface area contributed by atoms with Crippen LogP contribution in [0.25, 0.3) is 0 Å². The predicted octanol–water partition coefficient (Wildman–Crippen LogP) is 3.24. The van der Waals surface area contributed by atoms with Crippen LogP contribution in [0.2, 0.25) is 0 Å². The SMILES string of the molecule is COC(=O)c1cccc(NCc2ccc(O)c(F)c2)c1C. The quantitative estimate of drug-likeness (QED) is 0.848. The fourth-order valence-electron chi connectivity index (χ4n) is 2.02. The topological polar surface area (TPSA) is 58.6 Å². The Labute approximate surface area is 122 Å². The van der Waals surface area contributed by atoms with Crippen molar-refractivity contribution in [3.63, 3.8) is 0 Å². The van der Waals surface area contributed by atoms with Gasteiger partial charge in [-0.3, -0.25) is 0 Å². The monoisotopic (exact) mass is 289 g/mol. The molecule has 2 aromatic carbocycles. The van der Waals surface area contributed by atoms with Crippen LogP contribution >= 0.6 is 0 Å². The lowest BCUT2D eigenvalue weighted by Gasteiger charge is -2.12. The first-order valence-electron chi connectivity index (χ1n) is 6.42. The summed E-state index contributed by atoms with van der Waals surface area (Å²) in [5, 5.41) is 12.3. The number of esters is 1. The Morgan fingerprint density at radius 3 is 2.76 bits per heavy atom. The molecular formula is C16H16FNO3. The summed E-state index contributed by atoms with van der Waals surface area (Å²) in [5.74, 6) is -1.43. The third-order valence-corrected chi connectivity index (χ3v) is 3.23. The molecule has 5 heteroatoms. The molecule has 0 saturated carbocycles. The lowest BCUT2D eigenvalue weighted by molar-refractivity contribution is 0.0600. The molecule has 4 nitrogen and oxygen atoms in total. The molecule has 2 rings (SSSR count). The number of hydrogen-bond donors (Lipinski definition) is 2. The highest BCUT2D eigenvalue weighted by atomic mass is 19.1. The molecule has 0 bridgehead atoms. The highest BCUT2D eigenvalue weighted by Crippen LogP contribution is 2.21. The first-order valence-corrected chi connectivity index (χ1v) is 6.42. The first-order chi connectivity index (χ1) is 10.0. The van der Waals surface area contributed by atoms with Gasteiger partial charge in [0.15, 0.2) is 11.6 Å². The molecule has 21 heavy (non-hydrogen) atoms. The minimum absolute atomic E-state index is 0.373. The number of anilines is 1. The fraction of sp³-hybridized carbons (Fsp3) is 0.188. The number of phenolic OH excluding ortho intramolecular Hbond substituents is 1. The summed E-state index contributed by atoms with van der Waals surface area (Å²) in [6.45, 7) is 2.19. The molecular weight excluding hydrogens is 273 g/mol. The third-order valence-electron chi connectivity index (χ3n) is 3.23. The van der Waals surface area contributed by atoms with Crippen LogP contribution in [0.3, 0.4) is 0 Å². The van der Waals surface area contributed by atoms with E-state index >= 15 is 0 Å². The molecule has 2 aromatic rings. The van der Waals surface area contributed by atoms with Crippen molar-refractivity contribution in [2.75, 3.05) is 12.4 Å². The Morgan fingerprint density at radius 1 is 1.33 bits per heavy atom. The zero-order chi connectivity index (χ0) is 15.4. The second kappa shape index (κ2) is 6.26. The highest BCUT2D eigenvalue weighted by molar-refractivity contribution is 5.92. The van der Waals surface area contributed by atoms with Crippen LogP contribution in [-0.2, 0) is 11.3 Å². The Balaban J connectivity index is 2.16. The minimum atomic E-state index is -0.658. The summed E-state index contributed by atoms with van der Waals surface area (Å²) in [6, 6.07) is 9.47. The molecule has 0 radical (unpaired) electrons. The number of hydrogen-bond acceptors (Lipinski definition) is 4. The number of methoxy groups -OCH3 is 1. The van der Waals surface area contributed by atoms with E-state index in [2.05, 4.69) is 5.32 Å². The van der Waals surface area contributed by atoms with E-state index in [1.54, 1.807) is 18.2 Å². The summed E-state index contributed by atoms with van der Waals surface area (Å²) in [6.07, 6.45) is 0. The normalized spacial score (nSPS) is 10.2. The maximum atomic E-state index is 13.3. The third kappa shape index (κ3) is 3.31. The van der Waals surface area contributed by atoms with Crippen LogP contribution in [0.1, 0.15) is 21.5 Å². The zero-order valence-corrected chi connectivity index (χ0v) is 11.8. The zero-order valence-electron chi connectivity index (χ0n) is 11.8. The van der Waals surface area contributed by atoms with Crippen LogP contribution in [-0.4, -0.2) is 18.2 Å². The Morgan fingerprint density at radius 2 is 2.10 bits per heavy atom. The van der Waals surface area contributed by atoms with Gasteiger partial charge < -0.3 is 15.2 Å². The maximum absolute atomic E-state index is 13.3. The summed E-state index contributed by atoms with van der Waals surface area (Å²) in [7, 11) is 1.33. The van der Waals surface area contributed by atoms with E-state index in [0.717, 1.165) is 11.3 Å². The van der Waals surface area contributed by atoms with Gasteiger partial charge in [0.05, 0.1) is 12.7 Å². The number of nitrogens with one attached hydrogen (secondary N) is 1. The van der Waals surface area contributed by atoms with E-state index < -0.39 is 11.8 Å². The average molecular weight is 289 g/mol. The van der Waals surface area contributed by atoms with Gasteiger partial charge in [0, 0.05) is 12.2 Å².